The van der Waals surface area contributed by atoms with Crippen LogP contribution in [0.4, 0.5) is 15.8 Å². The number of amides is 3. The number of benzene rings is 1. The van der Waals surface area contributed by atoms with Gasteiger partial charge in [-0.15, -0.1) is 0 Å². The van der Waals surface area contributed by atoms with Crippen LogP contribution in [0.3, 0.4) is 0 Å². The van der Waals surface area contributed by atoms with E-state index >= 15 is 4.39 Å². The van der Waals surface area contributed by atoms with Crippen LogP contribution >= 0.6 is 0 Å². The molecule has 1 unspecified atom stereocenters. The first-order valence-electron chi connectivity index (χ1n) is 17.8. The maximum Gasteiger partial charge on any atom is 0.275 e. The van der Waals surface area contributed by atoms with E-state index in [-0.39, 0.29) is 52.8 Å². The molecule has 1 saturated carbocycles. The first-order chi connectivity index (χ1) is 23.8. The molecule has 4 aliphatic rings. The molecule has 4 fully saturated rings. The van der Waals surface area contributed by atoms with Crippen molar-refractivity contribution in [1.82, 2.24) is 30.3 Å². The van der Waals surface area contributed by atoms with Crippen molar-refractivity contribution >= 4 is 39.9 Å². The van der Waals surface area contributed by atoms with Gasteiger partial charge in [-0.1, -0.05) is 27.7 Å². The molecule has 3 aliphatic heterocycles. The van der Waals surface area contributed by atoms with Crippen LogP contribution in [-0.2, 0) is 9.59 Å². The molecule has 3 saturated heterocycles. The number of rotatable bonds is 7. The number of nitrogens with one attached hydrogen (secondary N) is 2. The van der Waals surface area contributed by atoms with Crippen LogP contribution in [0.15, 0.2) is 41.3 Å². The highest BCUT2D eigenvalue weighted by atomic mass is 19.1. The topological polar surface area (TPSA) is 133 Å². The van der Waals surface area contributed by atoms with E-state index in [0.717, 1.165) is 76.1 Å². The van der Waals surface area contributed by atoms with E-state index in [2.05, 4.69) is 58.2 Å². The van der Waals surface area contributed by atoms with Gasteiger partial charge in [0.05, 0.1) is 17.3 Å². The van der Waals surface area contributed by atoms with Crippen molar-refractivity contribution in [2.45, 2.75) is 71.9 Å². The lowest BCUT2D eigenvalue weighted by atomic mass is 9.52. The lowest BCUT2D eigenvalue weighted by molar-refractivity contribution is -0.136. The van der Waals surface area contributed by atoms with Crippen molar-refractivity contribution in [1.29, 1.82) is 0 Å². The van der Waals surface area contributed by atoms with Gasteiger partial charge in [0.1, 0.15) is 11.7 Å². The SMILES string of the molecule is CC1(C)CC(C)(C)C1NC(=O)c1ccc(N2CCC(CN3CCN(c4ccc5c(=O)n(C6CCC(=O)NC6=O)ncc5c4)CC3)CC2)c(F)n1. The van der Waals surface area contributed by atoms with Crippen molar-refractivity contribution in [3.63, 3.8) is 0 Å². The van der Waals surface area contributed by atoms with E-state index in [0.29, 0.717) is 17.0 Å². The lowest BCUT2D eigenvalue weighted by Crippen LogP contribution is -2.63. The van der Waals surface area contributed by atoms with Gasteiger partial charge in [0.25, 0.3) is 17.4 Å². The summed E-state index contributed by atoms with van der Waals surface area (Å²) < 4.78 is 16.4. The quantitative estimate of drug-likeness (QED) is 0.283. The summed E-state index contributed by atoms with van der Waals surface area (Å²) in [5.74, 6) is -1.22. The molecule has 266 valence electrons. The summed E-state index contributed by atoms with van der Waals surface area (Å²) in [7, 11) is 0. The molecule has 1 atom stereocenters. The zero-order chi connectivity index (χ0) is 35.4. The standard InChI is InChI=1S/C37H47FN8O4/c1-36(2)22-37(3,4)35(36)42-32(48)27-7-8-28(31(38)40-27)45-13-11-23(12-14-45)21-43-15-17-44(18-16-43)25-5-6-26-24(19-25)20-39-46(34(26)50)29-9-10-30(47)41-33(29)49/h5-8,19-20,23,29,35H,9-18,21-22H2,1-4H3,(H,42,48)(H,41,47,49). The molecule has 5 heterocycles. The summed E-state index contributed by atoms with van der Waals surface area (Å²) in [4.78, 5) is 60.9. The molecule has 50 heavy (non-hydrogen) atoms. The number of pyridine rings is 1. The monoisotopic (exact) mass is 686 g/mol. The van der Waals surface area contributed by atoms with Crippen LogP contribution in [-0.4, -0.2) is 89.2 Å². The van der Waals surface area contributed by atoms with Crippen LogP contribution in [0.2, 0.25) is 0 Å². The second-order valence-corrected chi connectivity index (χ2v) is 15.9. The molecule has 2 N–H and O–H groups in total. The minimum Gasteiger partial charge on any atom is -0.369 e. The molecule has 0 bridgehead atoms. The van der Waals surface area contributed by atoms with E-state index in [9.17, 15) is 19.2 Å². The average molecular weight is 687 g/mol. The number of piperidine rings is 2. The highest BCUT2D eigenvalue weighted by molar-refractivity contribution is 5.99. The molecule has 7 rings (SSSR count). The maximum absolute atomic E-state index is 15.2. The van der Waals surface area contributed by atoms with Crippen molar-refractivity contribution in [3.05, 3.63) is 58.5 Å². The Morgan fingerprint density at radius 3 is 2.32 bits per heavy atom. The van der Waals surface area contributed by atoms with E-state index in [1.54, 1.807) is 24.4 Å². The number of imide groups is 1. The highest BCUT2D eigenvalue weighted by Crippen LogP contribution is 2.53. The van der Waals surface area contributed by atoms with Crippen molar-refractivity contribution in [2.75, 3.05) is 55.6 Å². The molecule has 12 nitrogen and oxygen atoms in total. The van der Waals surface area contributed by atoms with E-state index in [1.165, 1.54) is 4.68 Å². The number of piperazine rings is 1. The number of hydrogen-bond acceptors (Lipinski definition) is 9. The van der Waals surface area contributed by atoms with Crippen LogP contribution < -0.4 is 26.0 Å². The summed E-state index contributed by atoms with van der Waals surface area (Å²) in [6, 6.07) is 8.30. The largest absolute Gasteiger partial charge is 0.369 e. The van der Waals surface area contributed by atoms with Crippen LogP contribution in [0, 0.1) is 22.7 Å². The van der Waals surface area contributed by atoms with Crippen LogP contribution in [0.5, 0.6) is 0 Å². The highest BCUT2D eigenvalue weighted by Gasteiger charge is 2.53. The molecule has 13 heteroatoms. The van der Waals surface area contributed by atoms with Gasteiger partial charge in [0.15, 0.2) is 0 Å². The van der Waals surface area contributed by atoms with Gasteiger partial charge in [0, 0.05) is 69.3 Å². The number of carbonyl (C=O) groups excluding carboxylic acids is 3. The lowest BCUT2D eigenvalue weighted by Gasteiger charge is -2.57. The van der Waals surface area contributed by atoms with Gasteiger partial charge in [-0.2, -0.15) is 9.49 Å². The zero-order valence-electron chi connectivity index (χ0n) is 29.4. The third kappa shape index (κ3) is 6.59. The fourth-order valence-corrected chi connectivity index (χ4v) is 9.09. The Morgan fingerprint density at radius 2 is 1.66 bits per heavy atom. The predicted molar refractivity (Wildman–Crippen MR) is 189 cm³/mol. The summed E-state index contributed by atoms with van der Waals surface area (Å²) in [5.41, 5.74) is 1.27. The second kappa shape index (κ2) is 13.1. The third-order valence-electron chi connectivity index (χ3n) is 11.3. The van der Waals surface area contributed by atoms with Crippen molar-refractivity contribution in [2.24, 2.45) is 16.7 Å². The van der Waals surface area contributed by atoms with E-state index in [1.807, 2.05) is 17.0 Å². The Bertz CT molecular complexity index is 1860. The Kier molecular flexibility index (Phi) is 8.90. The Hall–Kier alpha value is -4.39. The first-order valence-corrected chi connectivity index (χ1v) is 17.8. The second-order valence-electron chi connectivity index (χ2n) is 15.9. The number of nitrogens with zero attached hydrogens (tertiary/aromatic N) is 6. The van der Waals surface area contributed by atoms with Crippen LogP contribution in [0.25, 0.3) is 10.8 Å². The van der Waals surface area contributed by atoms with Crippen LogP contribution in [0.1, 0.15) is 76.3 Å². The minimum absolute atomic E-state index is 0.00243. The first kappa shape index (κ1) is 34.1. The van der Waals surface area contributed by atoms with Gasteiger partial charge >= 0.3 is 0 Å². The van der Waals surface area contributed by atoms with E-state index in [4.69, 9.17) is 0 Å². The molecular weight excluding hydrogens is 639 g/mol. The summed E-state index contributed by atoms with van der Waals surface area (Å²) in [6.07, 6.45) is 5.00. The number of halogens is 1. The Balaban J connectivity index is 0.893. The maximum atomic E-state index is 15.2. The summed E-state index contributed by atoms with van der Waals surface area (Å²) in [6.45, 7) is 14.6. The summed E-state index contributed by atoms with van der Waals surface area (Å²) in [5, 5.41) is 10.9. The fourth-order valence-electron chi connectivity index (χ4n) is 9.09. The molecule has 1 aromatic carbocycles. The Labute approximate surface area is 291 Å². The van der Waals surface area contributed by atoms with Crippen molar-refractivity contribution in [3.8, 4) is 0 Å². The molecular formula is C37H47FN8O4. The Morgan fingerprint density at radius 1 is 0.940 bits per heavy atom. The number of carbonyl (C=O) groups is 3. The third-order valence-corrected chi connectivity index (χ3v) is 11.3. The molecule has 2 aromatic heterocycles. The van der Waals surface area contributed by atoms with Crippen molar-refractivity contribution < 1.29 is 18.8 Å². The molecule has 1 aliphatic carbocycles. The smallest absolute Gasteiger partial charge is 0.275 e. The number of aromatic nitrogens is 3. The van der Waals surface area contributed by atoms with E-state index < -0.39 is 17.9 Å². The minimum atomic E-state index is -0.786. The average Bonchev–Trinajstić information content (AvgIpc) is 3.08. The van der Waals surface area contributed by atoms with Gasteiger partial charge in [0.2, 0.25) is 11.9 Å². The molecule has 0 spiro atoms. The van der Waals surface area contributed by atoms with Gasteiger partial charge in [-0.3, -0.25) is 29.4 Å². The fraction of sp³-hybridized carbons (Fsp3) is 0.568. The number of fused-ring (bicyclic) bond motifs is 1. The van der Waals surface area contributed by atoms with Gasteiger partial charge in [-0.05, 0) is 72.8 Å². The normalized spacial score (nSPS) is 23.1. The number of hydrogen-bond donors (Lipinski definition) is 2. The van der Waals surface area contributed by atoms with Gasteiger partial charge in [-0.25, -0.2) is 9.67 Å². The number of anilines is 2. The predicted octanol–water partition coefficient (Wildman–Crippen LogP) is 3.50. The molecule has 3 amide bonds. The molecule has 0 radical (unpaired) electrons. The molecule has 3 aromatic rings. The summed E-state index contributed by atoms with van der Waals surface area (Å²) >= 11 is 0. The van der Waals surface area contributed by atoms with Gasteiger partial charge < -0.3 is 15.1 Å². The zero-order valence-corrected chi connectivity index (χ0v) is 29.4.